The van der Waals surface area contributed by atoms with Gasteiger partial charge in [0.2, 0.25) is 23.6 Å². The molecule has 1 aromatic heterocycles. The Morgan fingerprint density at radius 2 is 0.833 bits per heavy atom. The smallest absolute Gasteiger partial charge is 0.238 e. The molecule has 0 unspecified atom stereocenters. The quantitative estimate of drug-likeness (QED) is 0.349. The van der Waals surface area contributed by atoms with Gasteiger partial charge in [0.25, 0.3) is 0 Å². The van der Waals surface area contributed by atoms with Crippen molar-refractivity contribution in [3.05, 3.63) is 85.2 Å². The van der Waals surface area contributed by atoms with Gasteiger partial charge in [0.05, 0.1) is 35.0 Å². The van der Waals surface area contributed by atoms with Gasteiger partial charge in [0.15, 0.2) is 5.82 Å². The van der Waals surface area contributed by atoms with Crippen molar-refractivity contribution in [1.29, 1.82) is 0 Å². The van der Waals surface area contributed by atoms with E-state index >= 15 is 0 Å². The average Bonchev–Trinajstić information content (AvgIpc) is 3.87. The number of hydrogen-bond donors (Lipinski definition) is 0. The number of allylic oxidation sites excluding steroid dienone is 4. The second kappa shape index (κ2) is 8.41. The minimum Gasteiger partial charge on any atom is -0.274 e. The van der Waals surface area contributed by atoms with E-state index in [4.69, 9.17) is 0 Å². The molecule has 2 saturated heterocycles. The third-order valence-electron chi connectivity index (χ3n) is 10.4. The average molecular weight is 555 g/mol. The summed E-state index contributed by atoms with van der Waals surface area (Å²) < 4.78 is 0. The van der Waals surface area contributed by atoms with Gasteiger partial charge in [0.1, 0.15) is 0 Å². The maximum atomic E-state index is 13.1. The molecule has 4 bridgehead atoms. The fourth-order valence-electron chi connectivity index (χ4n) is 8.50. The Kier molecular flexibility index (Phi) is 4.79. The summed E-state index contributed by atoms with van der Waals surface area (Å²) in [5.41, 5.74) is 3.65. The standard InChI is InChI=1S/C34H26N4O4/c39-31-26-19-1-2-20(13-19)27(26)32(40)37(31)24-9-5-17(6-10-24)23-15-35-30(36-16-23)18-7-11-25(12-8-18)38-33(41)28-21-3-4-22(14-21)29(28)34(38)42/h1-12,15-16,19-22,26-29H,13-14H2/t19-,20-,21-,22+,26-,27+,28-,29-/m0/s1. The van der Waals surface area contributed by atoms with E-state index in [1.54, 1.807) is 24.5 Å². The highest BCUT2D eigenvalue weighted by Gasteiger charge is 2.60. The zero-order chi connectivity index (χ0) is 28.3. The van der Waals surface area contributed by atoms with Gasteiger partial charge in [-0.15, -0.1) is 0 Å². The Morgan fingerprint density at radius 3 is 1.21 bits per heavy atom. The number of nitrogens with zero attached hydrogens (tertiary/aromatic N) is 4. The first-order chi connectivity index (χ1) is 20.5. The first-order valence-electron chi connectivity index (χ1n) is 14.6. The molecule has 4 aliphatic carbocycles. The Hall–Kier alpha value is -4.72. The monoisotopic (exact) mass is 554 g/mol. The van der Waals surface area contributed by atoms with Crippen LogP contribution < -0.4 is 9.80 Å². The number of imide groups is 2. The lowest BCUT2D eigenvalue weighted by atomic mass is 9.85. The lowest BCUT2D eigenvalue weighted by Crippen LogP contribution is -2.32. The number of carbonyl (C=O) groups excluding carboxylic acids is 4. The summed E-state index contributed by atoms with van der Waals surface area (Å²) in [7, 11) is 0. The fourth-order valence-corrected chi connectivity index (χ4v) is 8.50. The van der Waals surface area contributed by atoms with Gasteiger partial charge in [-0.3, -0.25) is 29.0 Å². The number of carbonyl (C=O) groups is 4. The molecule has 8 nitrogen and oxygen atoms in total. The zero-order valence-electron chi connectivity index (χ0n) is 22.5. The van der Waals surface area contributed by atoms with Crippen molar-refractivity contribution >= 4 is 35.0 Å². The second-order valence-corrected chi connectivity index (χ2v) is 12.4. The zero-order valence-corrected chi connectivity index (χ0v) is 22.5. The maximum Gasteiger partial charge on any atom is 0.238 e. The molecular weight excluding hydrogens is 528 g/mol. The molecular formula is C34H26N4O4. The number of aromatic nitrogens is 2. The highest BCUT2D eigenvalue weighted by Crippen LogP contribution is 2.54. The molecule has 206 valence electrons. The van der Waals surface area contributed by atoms with E-state index < -0.39 is 0 Å². The van der Waals surface area contributed by atoms with Crippen molar-refractivity contribution < 1.29 is 19.2 Å². The van der Waals surface area contributed by atoms with Crippen LogP contribution in [0, 0.1) is 47.3 Å². The van der Waals surface area contributed by atoms with Crippen LogP contribution in [0.3, 0.4) is 0 Å². The van der Waals surface area contributed by atoms with Crippen molar-refractivity contribution in [1.82, 2.24) is 9.97 Å². The van der Waals surface area contributed by atoms with Gasteiger partial charge in [0, 0.05) is 23.5 Å². The molecule has 6 aliphatic rings. The molecule has 2 saturated carbocycles. The molecule has 4 fully saturated rings. The molecule has 0 spiro atoms. The van der Waals surface area contributed by atoms with Crippen LogP contribution in [-0.2, 0) is 19.2 Å². The lowest BCUT2D eigenvalue weighted by molar-refractivity contribution is -0.124. The van der Waals surface area contributed by atoms with Gasteiger partial charge >= 0.3 is 0 Å². The summed E-state index contributed by atoms with van der Waals surface area (Å²) in [6.45, 7) is 0. The molecule has 4 amide bonds. The predicted octanol–water partition coefficient (Wildman–Crippen LogP) is 4.43. The van der Waals surface area contributed by atoms with Gasteiger partial charge < -0.3 is 0 Å². The Labute approximate surface area is 241 Å². The third-order valence-corrected chi connectivity index (χ3v) is 10.4. The first-order valence-corrected chi connectivity index (χ1v) is 14.6. The van der Waals surface area contributed by atoms with E-state index in [9.17, 15) is 19.2 Å². The molecule has 9 rings (SSSR count). The molecule has 42 heavy (non-hydrogen) atoms. The highest BCUT2D eigenvalue weighted by molar-refractivity contribution is 6.23. The second-order valence-electron chi connectivity index (χ2n) is 12.4. The summed E-state index contributed by atoms with van der Waals surface area (Å²) in [6.07, 6.45) is 13.7. The van der Waals surface area contributed by atoms with Crippen LogP contribution >= 0.6 is 0 Å². The summed E-state index contributed by atoms with van der Waals surface area (Å²) in [4.78, 5) is 64.3. The minimum atomic E-state index is -0.222. The number of hydrogen-bond acceptors (Lipinski definition) is 6. The number of benzene rings is 2. The van der Waals surface area contributed by atoms with Crippen molar-refractivity contribution in [2.45, 2.75) is 12.8 Å². The molecule has 0 radical (unpaired) electrons. The summed E-state index contributed by atoms with van der Waals surface area (Å²) >= 11 is 0. The summed E-state index contributed by atoms with van der Waals surface area (Å²) in [5, 5.41) is 0. The Morgan fingerprint density at radius 1 is 0.476 bits per heavy atom. The van der Waals surface area contributed by atoms with Crippen LogP contribution in [0.25, 0.3) is 22.5 Å². The minimum absolute atomic E-state index is 0.0845. The van der Waals surface area contributed by atoms with Crippen LogP contribution in [0.15, 0.2) is 85.2 Å². The van der Waals surface area contributed by atoms with E-state index in [1.165, 1.54) is 9.80 Å². The van der Waals surface area contributed by atoms with Crippen molar-refractivity contribution in [2.75, 3.05) is 9.80 Å². The molecule has 2 aliphatic heterocycles. The van der Waals surface area contributed by atoms with Crippen molar-refractivity contribution in [3.8, 4) is 22.5 Å². The molecule has 8 heteroatoms. The van der Waals surface area contributed by atoms with Crippen LogP contribution in [0.5, 0.6) is 0 Å². The predicted molar refractivity (Wildman–Crippen MR) is 153 cm³/mol. The van der Waals surface area contributed by atoms with E-state index in [1.807, 2.05) is 36.4 Å². The Bertz CT molecular complexity index is 1570. The summed E-state index contributed by atoms with van der Waals surface area (Å²) in [6, 6.07) is 14.6. The number of fused-ring (bicyclic) bond motifs is 10. The van der Waals surface area contributed by atoms with E-state index in [0.717, 1.165) is 29.5 Å². The SMILES string of the molecule is O=C1[C@@H]2[C@@H](C(=O)N1c1ccc(-c3ncc(-c4ccc(N5C(=O)[C@@H]6[C@H](C5=O)[C@H]5C=C[C@H]6C5)cc4)cn3)cc1)[C@H]1C=C[C@@H]2C1. The third kappa shape index (κ3) is 3.12. The fraction of sp³-hybridized carbons (Fsp3) is 0.294. The van der Waals surface area contributed by atoms with Crippen LogP contribution in [0.4, 0.5) is 11.4 Å². The van der Waals surface area contributed by atoms with Crippen molar-refractivity contribution in [2.24, 2.45) is 47.3 Å². The van der Waals surface area contributed by atoms with Crippen LogP contribution in [0.2, 0.25) is 0 Å². The molecule has 8 atom stereocenters. The maximum absolute atomic E-state index is 13.1. The van der Waals surface area contributed by atoms with E-state index in [0.29, 0.717) is 17.2 Å². The highest BCUT2D eigenvalue weighted by atomic mass is 16.2. The van der Waals surface area contributed by atoms with Crippen LogP contribution in [0.1, 0.15) is 12.8 Å². The lowest BCUT2D eigenvalue weighted by Gasteiger charge is -2.18. The largest absolute Gasteiger partial charge is 0.274 e. The summed E-state index contributed by atoms with van der Waals surface area (Å²) in [5.74, 6) is 0.0362. The van der Waals surface area contributed by atoms with Gasteiger partial charge in [-0.25, -0.2) is 9.97 Å². The topological polar surface area (TPSA) is 101 Å². The molecule has 3 aromatic rings. The van der Waals surface area contributed by atoms with E-state index in [2.05, 4.69) is 34.3 Å². The molecule has 3 heterocycles. The van der Waals surface area contributed by atoms with Crippen molar-refractivity contribution in [3.63, 3.8) is 0 Å². The van der Waals surface area contributed by atoms with E-state index in [-0.39, 0.29) is 71.0 Å². The number of anilines is 2. The first kappa shape index (κ1) is 23.9. The van der Waals surface area contributed by atoms with Gasteiger partial charge in [-0.1, -0.05) is 36.4 Å². The van der Waals surface area contributed by atoms with Gasteiger partial charge in [-0.2, -0.15) is 0 Å². The van der Waals surface area contributed by atoms with Gasteiger partial charge in [-0.05, 0) is 78.5 Å². The van der Waals surface area contributed by atoms with Crippen LogP contribution in [-0.4, -0.2) is 33.6 Å². The molecule has 2 aromatic carbocycles. The normalized spacial score (nSPS) is 33.4. The number of rotatable bonds is 4. The Balaban J connectivity index is 0.912. The molecule has 0 N–H and O–H groups in total. The number of amides is 4.